The van der Waals surface area contributed by atoms with E-state index in [4.69, 9.17) is 10.5 Å². The van der Waals surface area contributed by atoms with Crippen LogP contribution in [0.25, 0.3) is 10.8 Å². The maximum atomic E-state index is 5.97. The van der Waals surface area contributed by atoms with Gasteiger partial charge in [0.15, 0.2) is 5.96 Å². The van der Waals surface area contributed by atoms with E-state index in [9.17, 15) is 0 Å². The lowest BCUT2D eigenvalue weighted by molar-refractivity contribution is 0.417. The number of guanidine groups is 1. The Bertz CT molecular complexity index is 858. The van der Waals surface area contributed by atoms with Gasteiger partial charge in [-0.1, -0.05) is 54.6 Å². The highest BCUT2D eigenvalue weighted by Gasteiger charge is 2.02. The van der Waals surface area contributed by atoms with Gasteiger partial charge in [0.1, 0.15) is 5.75 Å². The SMILES string of the molecule is COc1ccccc1NC(N)=NCCc1ccc2ccccc2c1. The highest BCUT2D eigenvalue weighted by Crippen LogP contribution is 2.22. The molecular formula is C20H21N3O. The van der Waals surface area contributed by atoms with Crippen LogP contribution in [0, 0.1) is 0 Å². The molecule has 0 spiro atoms. The second kappa shape index (κ2) is 7.51. The summed E-state index contributed by atoms with van der Waals surface area (Å²) in [5, 5.41) is 5.58. The molecule has 0 aromatic heterocycles. The Labute approximate surface area is 142 Å². The zero-order chi connectivity index (χ0) is 16.8. The van der Waals surface area contributed by atoms with Gasteiger partial charge in [0.2, 0.25) is 0 Å². The molecule has 0 aliphatic rings. The Kier molecular flexibility index (Phi) is 4.96. The number of hydrogen-bond donors (Lipinski definition) is 2. The van der Waals surface area contributed by atoms with E-state index in [1.54, 1.807) is 7.11 Å². The molecule has 3 rings (SSSR count). The van der Waals surface area contributed by atoms with Gasteiger partial charge < -0.3 is 15.8 Å². The van der Waals surface area contributed by atoms with Crippen LogP contribution in [0.5, 0.6) is 5.75 Å². The van der Waals surface area contributed by atoms with Gasteiger partial charge >= 0.3 is 0 Å². The lowest BCUT2D eigenvalue weighted by Gasteiger charge is -2.10. The molecule has 0 atom stereocenters. The first-order valence-electron chi connectivity index (χ1n) is 7.94. The van der Waals surface area contributed by atoms with E-state index in [2.05, 4.69) is 52.8 Å². The number of nitrogens with zero attached hydrogens (tertiary/aromatic N) is 1. The van der Waals surface area contributed by atoms with Crippen molar-refractivity contribution < 1.29 is 4.74 Å². The predicted octanol–water partition coefficient (Wildman–Crippen LogP) is 3.82. The van der Waals surface area contributed by atoms with E-state index in [-0.39, 0.29) is 0 Å². The van der Waals surface area contributed by atoms with Crippen LogP contribution in [0.15, 0.2) is 71.7 Å². The van der Waals surface area contributed by atoms with Crippen molar-refractivity contribution >= 4 is 22.4 Å². The van der Waals surface area contributed by atoms with Crippen LogP contribution in [0.2, 0.25) is 0 Å². The first-order chi connectivity index (χ1) is 11.8. The van der Waals surface area contributed by atoms with Crippen LogP contribution in [-0.4, -0.2) is 19.6 Å². The third kappa shape index (κ3) is 3.84. The average Bonchev–Trinajstić information content (AvgIpc) is 2.62. The number of rotatable bonds is 5. The lowest BCUT2D eigenvalue weighted by atomic mass is 10.1. The maximum absolute atomic E-state index is 5.97. The Morgan fingerprint density at radius 3 is 2.58 bits per heavy atom. The summed E-state index contributed by atoms with van der Waals surface area (Å²) in [4.78, 5) is 4.40. The molecule has 122 valence electrons. The molecule has 0 unspecified atom stereocenters. The molecule has 0 saturated carbocycles. The quantitative estimate of drug-likeness (QED) is 0.555. The predicted molar refractivity (Wildman–Crippen MR) is 101 cm³/mol. The van der Waals surface area contributed by atoms with Gasteiger partial charge in [-0.05, 0) is 34.9 Å². The first-order valence-corrected chi connectivity index (χ1v) is 7.94. The molecule has 24 heavy (non-hydrogen) atoms. The van der Waals surface area contributed by atoms with Gasteiger partial charge in [0.25, 0.3) is 0 Å². The number of para-hydroxylation sites is 2. The molecule has 0 fully saturated rings. The number of benzene rings is 3. The molecule has 3 aromatic carbocycles. The van der Waals surface area contributed by atoms with E-state index in [1.165, 1.54) is 16.3 Å². The van der Waals surface area contributed by atoms with Crippen molar-refractivity contribution in [3.8, 4) is 5.75 Å². The van der Waals surface area contributed by atoms with Crippen molar-refractivity contribution in [1.29, 1.82) is 0 Å². The van der Waals surface area contributed by atoms with Gasteiger partial charge in [-0.3, -0.25) is 4.99 Å². The van der Waals surface area contributed by atoms with Crippen molar-refractivity contribution in [2.75, 3.05) is 19.0 Å². The summed E-state index contributed by atoms with van der Waals surface area (Å²) in [5.74, 6) is 1.13. The largest absolute Gasteiger partial charge is 0.495 e. The van der Waals surface area contributed by atoms with Crippen molar-refractivity contribution in [2.45, 2.75) is 6.42 Å². The maximum Gasteiger partial charge on any atom is 0.193 e. The molecule has 0 radical (unpaired) electrons. The van der Waals surface area contributed by atoms with Crippen LogP contribution in [0.4, 0.5) is 5.69 Å². The molecule has 0 aliphatic carbocycles. The standard InChI is InChI=1S/C20H21N3O/c1-24-19-9-5-4-8-18(19)23-20(21)22-13-12-15-10-11-16-6-2-3-7-17(16)14-15/h2-11,14H,12-13H2,1H3,(H3,21,22,23). The first kappa shape index (κ1) is 15.9. The van der Waals surface area contributed by atoms with Crippen LogP contribution in [-0.2, 0) is 6.42 Å². The van der Waals surface area contributed by atoms with E-state index in [0.717, 1.165) is 17.9 Å². The molecular weight excluding hydrogens is 298 g/mol. The number of ether oxygens (including phenoxy) is 1. The second-order valence-electron chi connectivity index (χ2n) is 5.52. The monoisotopic (exact) mass is 319 g/mol. The average molecular weight is 319 g/mol. The van der Waals surface area contributed by atoms with Gasteiger partial charge in [-0.2, -0.15) is 0 Å². The summed E-state index contributed by atoms with van der Waals surface area (Å²) < 4.78 is 5.29. The Balaban J connectivity index is 1.62. The Hall–Kier alpha value is -3.01. The summed E-state index contributed by atoms with van der Waals surface area (Å²) in [5.41, 5.74) is 8.03. The molecule has 0 aliphatic heterocycles. The fourth-order valence-corrected chi connectivity index (χ4v) is 2.63. The van der Waals surface area contributed by atoms with Gasteiger partial charge in [0.05, 0.1) is 12.8 Å². The van der Waals surface area contributed by atoms with Crippen LogP contribution < -0.4 is 15.8 Å². The Morgan fingerprint density at radius 2 is 1.75 bits per heavy atom. The summed E-state index contributed by atoms with van der Waals surface area (Å²) in [6.07, 6.45) is 0.846. The number of nitrogens with one attached hydrogen (secondary N) is 1. The fraction of sp³-hybridized carbons (Fsp3) is 0.150. The molecule has 3 aromatic rings. The zero-order valence-corrected chi connectivity index (χ0v) is 13.7. The number of methoxy groups -OCH3 is 1. The van der Waals surface area contributed by atoms with E-state index in [0.29, 0.717) is 12.5 Å². The second-order valence-corrected chi connectivity index (χ2v) is 5.52. The third-order valence-corrected chi connectivity index (χ3v) is 3.87. The lowest BCUT2D eigenvalue weighted by Crippen LogP contribution is -2.23. The van der Waals surface area contributed by atoms with Gasteiger partial charge in [0, 0.05) is 6.54 Å². The molecule has 0 bridgehead atoms. The number of nitrogens with two attached hydrogens (primary N) is 1. The van der Waals surface area contributed by atoms with Gasteiger partial charge in [-0.25, -0.2) is 0 Å². The van der Waals surface area contributed by atoms with Crippen molar-refractivity contribution in [3.63, 3.8) is 0 Å². The summed E-state index contributed by atoms with van der Waals surface area (Å²) >= 11 is 0. The normalized spacial score (nSPS) is 11.5. The summed E-state index contributed by atoms with van der Waals surface area (Å²) in [7, 11) is 1.63. The summed E-state index contributed by atoms with van der Waals surface area (Å²) in [6.45, 7) is 0.631. The van der Waals surface area contributed by atoms with Crippen molar-refractivity contribution in [3.05, 3.63) is 72.3 Å². The number of anilines is 1. The number of aliphatic imine (C=N–C) groups is 1. The van der Waals surface area contributed by atoms with Crippen LogP contribution in [0.1, 0.15) is 5.56 Å². The highest BCUT2D eigenvalue weighted by molar-refractivity contribution is 5.93. The molecule has 4 heteroatoms. The Morgan fingerprint density at radius 1 is 1.00 bits per heavy atom. The minimum absolute atomic E-state index is 0.389. The number of hydrogen-bond acceptors (Lipinski definition) is 2. The molecule has 0 heterocycles. The smallest absolute Gasteiger partial charge is 0.193 e. The molecule has 0 amide bonds. The highest BCUT2D eigenvalue weighted by atomic mass is 16.5. The minimum Gasteiger partial charge on any atom is -0.495 e. The topological polar surface area (TPSA) is 59.6 Å². The minimum atomic E-state index is 0.389. The molecule has 4 nitrogen and oxygen atoms in total. The van der Waals surface area contributed by atoms with Crippen molar-refractivity contribution in [2.24, 2.45) is 10.7 Å². The van der Waals surface area contributed by atoms with Crippen LogP contribution >= 0.6 is 0 Å². The third-order valence-electron chi connectivity index (χ3n) is 3.87. The zero-order valence-electron chi connectivity index (χ0n) is 13.7. The van der Waals surface area contributed by atoms with Crippen molar-refractivity contribution in [1.82, 2.24) is 0 Å². The van der Waals surface area contributed by atoms with E-state index < -0.39 is 0 Å². The van der Waals surface area contributed by atoms with Gasteiger partial charge in [-0.15, -0.1) is 0 Å². The molecule has 3 N–H and O–H groups in total. The number of fused-ring (bicyclic) bond motifs is 1. The van der Waals surface area contributed by atoms with E-state index in [1.807, 2.05) is 24.3 Å². The van der Waals surface area contributed by atoms with Crippen LogP contribution in [0.3, 0.4) is 0 Å². The van der Waals surface area contributed by atoms with E-state index >= 15 is 0 Å². The molecule has 0 saturated heterocycles. The summed E-state index contributed by atoms with van der Waals surface area (Å²) in [6, 6.07) is 22.5. The fourth-order valence-electron chi connectivity index (χ4n) is 2.63.